The van der Waals surface area contributed by atoms with Crippen LogP contribution in [0.15, 0.2) is 0 Å². The molecule has 0 fully saturated rings. The van der Waals surface area contributed by atoms with Crippen molar-refractivity contribution >= 4 is 0 Å². The summed E-state index contributed by atoms with van der Waals surface area (Å²) in [7, 11) is 2.11. The van der Waals surface area contributed by atoms with Gasteiger partial charge in [0.2, 0.25) is 0 Å². The molecule has 0 heterocycles. The molecule has 1 atom stereocenters. The third kappa shape index (κ3) is 4.07. The predicted octanol–water partition coefficient (Wildman–Crippen LogP) is 1.74. The molecule has 0 bridgehead atoms. The second-order valence-electron chi connectivity index (χ2n) is 4.51. The topological polar surface area (TPSA) is 23.5 Å². The lowest BCUT2D eigenvalue weighted by Gasteiger charge is -2.34. The van der Waals surface area contributed by atoms with Crippen molar-refractivity contribution in [1.29, 1.82) is 0 Å². The molecular formula is C10H23NO. The summed E-state index contributed by atoms with van der Waals surface area (Å²) in [5.41, 5.74) is 0.211. The van der Waals surface area contributed by atoms with Crippen LogP contribution in [0.25, 0.3) is 0 Å². The maximum absolute atomic E-state index is 9.01. The molecule has 0 aromatic rings. The predicted molar refractivity (Wildman–Crippen MR) is 53.2 cm³/mol. The van der Waals surface area contributed by atoms with Crippen LogP contribution in [-0.2, 0) is 0 Å². The van der Waals surface area contributed by atoms with Crippen LogP contribution in [0, 0.1) is 5.92 Å². The highest BCUT2D eigenvalue weighted by Crippen LogP contribution is 2.13. The van der Waals surface area contributed by atoms with Crippen molar-refractivity contribution in [2.45, 2.75) is 39.7 Å². The summed E-state index contributed by atoms with van der Waals surface area (Å²) in [5.74, 6) is 0.425. The van der Waals surface area contributed by atoms with Crippen LogP contribution in [-0.4, -0.2) is 35.7 Å². The number of aliphatic hydroxyl groups excluding tert-OH is 1. The lowest BCUT2D eigenvalue weighted by molar-refractivity contribution is 0.115. The highest BCUT2D eigenvalue weighted by Gasteiger charge is 2.19. The van der Waals surface area contributed by atoms with Crippen LogP contribution >= 0.6 is 0 Å². The van der Waals surface area contributed by atoms with Crippen molar-refractivity contribution in [3.8, 4) is 0 Å². The smallest absolute Gasteiger partial charge is 0.0471 e. The van der Waals surface area contributed by atoms with Crippen LogP contribution in [0.1, 0.15) is 34.1 Å². The lowest BCUT2D eigenvalue weighted by Crippen LogP contribution is -2.41. The average Bonchev–Trinajstić information content (AvgIpc) is 1.97. The van der Waals surface area contributed by atoms with Gasteiger partial charge < -0.3 is 10.0 Å². The monoisotopic (exact) mass is 173 g/mol. The number of hydrogen-bond acceptors (Lipinski definition) is 2. The molecule has 2 nitrogen and oxygen atoms in total. The van der Waals surface area contributed by atoms with Crippen molar-refractivity contribution in [2.24, 2.45) is 5.92 Å². The summed E-state index contributed by atoms with van der Waals surface area (Å²) >= 11 is 0. The van der Waals surface area contributed by atoms with Crippen LogP contribution < -0.4 is 0 Å². The zero-order valence-electron chi connectivity index (χ0n) is 9.09. The number of rotatable bonds is 4. The summed E-state index contributed by atoms with van der Waals surface area (Å²) in [4.78, 5) is 2.29. The molecule has 1 unspecified atom stereocenters. The Hall–Kier alpha value is -0.0800. The Bertz CT molecular complexity index is 113. The van der Waals surface area contributed by atoms with Gasteiger partial charge in [0.15, 0.2) is 0 Å². The SMILES string of the molecule is CCC(CO)CN(C)C(C)(C)C. The summed E-state index contributed by atoms with van der Waals surface area (Å²) in [5, 5.41) is 9.01. The molecule has 0 aromatic carbocycles. The molecule has 12 heavy (non-hydrogen) atoms. The van der Waals surface area contributed by atoms with Gasteiger partial charge in [0.1, 0.15) is 0 Å². The van der Waals surface area contributed by atoms with E-state index in [1.807, 2.05) is 0 Å². The molecule has 0 aliphatic rings. The summed E-state index contributed by atoms with van der Waals surface area (Å²) in [6.45, 7) is 9.98. The largest absolute Gasteiger partial charge is 0.396 e. The van der Waals surface area contributed by atoms with Gasteiger partial charge in [0, 0.05) is 18.7 Å². The highest BCUT2D eigenvalue weighted by atomic mass is 16.3. The van der Waals surface area contributed by atoms with Crippen LogP contribution in [0.3, 0.4) is 0 Å². The Balaban J connectivity index is 3.90. The van der Waals surface area contributed by atoms with Crippen molar-refractivity contribution in [2.75, 3.05) is 20.2 Å². The van der Waals surface area contributed by atoms with E-state index in [1.165, 1.54) is 0 Å². The van der Waals surface area contributed by atoms with Gasteiger partial charge in [0.05, 0.1) is 0 Å². The molecule has 0 spiro atoms. The molecule has 0 aliphatic carbocycles. The quantitative estimate of drug-likeness (QED) is 0.700. The first kappa shape index (κ1) is 11.9. The molecule has 0 radical (unpaired) electrons. The maximum atomic E-state index is 9.01. The molecule has 0 saturated heterocycles. The standard InChI is InChI=1S/C10H23NO/c1-6-9(8-12)7-11(5)10(2,3)4/h9,12H,6-8H2,1-5H3. The highest BCUT2D eigenvalue weighted by molar-refractivity contribution is 4.74. The first-order chi connectivity index (χ1) is 5.41. The van der Waals surface area contributed by atoms with Crippen molar-refractivity contribution < 1.29 is 5.11 Å². The minimum atomic E-state index is 0.211. The summed E-state index contributed by atoms with van der Waals surface area (Å²) in [6.07, 6.45) is 1.05. The zero-order chi connectivity index (χ0) is 9.78. The van der Waals surface area contributed by atoms with E-state index in [2.05, 4.69) is 39.6 Å². The molecule has 0 aromatic heterocycles. The van der Waals surface area contributed by atoms with Gasteiger partial charge >= 0.3 is 0 Å². The molecule has 74 valence electrons. The van der Waals surface area contributed by atoms with Crippen molar-refractivity contribution in [3.05, 3.63) is 0 Å². The summed E-state index contributed by atoms with van der Waals surface area (Å²) in [6, 6.07) is 0. The fourth-order valence-electron chi connectivity index (χ4n) is 0.977. The second-order valence-corrected chi connectivity index (χ2v) is 4.51. The molecule has 0 amide bonds. The van der Waals surface area contributed by atoms with Gasteiger partial charge in [0.25, 0.3) is 0 Å². The number of aliphatic hydroxyl groups is 1. The normalized spacial score (nSPS) is 15.2. The van der Waals surface area contributed by atoms with E-state index in [1.54, 1.807) is 0 Å². The third-order valence-electron chi connectivity index (χ3n) is 2.51. The van der Waals surface area contributed by atoms with Gasteiger partial charge in [-0.2, -0.15) is 0 Å². The van der Waals surface area contributed by atoms with Gasteiger partial charge in [-0.3, -0.25) is 0 Å². The Kier molecular flexibility index (Phi) is 4.80. The number of nitrogens with zero attached hydrogens (tertiary/aromatic N) is 1. The second kappa shape index (κ2) is 4.83. The van der Waals surface area contributed by atoms with E-state index in [-0.39, 0.29) is 5.54 Å². The van der Waals surface area contributed by atoms with E-state index >= 15 is 0 Å². The minimum absolute atomic E-state index is 0.211. The molecule has 0 rings (SSSR count). The van der Waals surface area contributed by atoms with E-state index in [4.69, 9.17) is 5.11 Å². The van der Waals surface area contributed by atoms with Crippen LogP contribution in [0.2, 0.25) is 0 Å². The zero-order valence-corrected chi connectivity index (χ0v) is 9.09. The number of hydrogen-bond donors (Lipinski definition) is 1. The summed E-state index contributed by atoms with van der Waals surface area (Å²) < 4.78 is 0. The molecule has 1 N–H and O–H groups in total. The van der Waals surface area contributed by atoms with Crippen molar-refractivity contribution in [1.82, 2.24) is 4.90 Å². The van der Waals surface area contributed by atoms with Crippen molar-refractivity contribution in [3.63, 3.8) is 0 Å². The van der Waals surface area contributed by atoms with E-state index in [9.17, 15) is 0 Å². The van der Waals surface area contributed by atoms with Gasteiger partial charge in [-0.25, -0.2) is 0 Å². The Morgan fingerprint density at radius 1 is 1.33 bits per heavy atom. The first-order valence-electron chi connectivity index (χ1n) is 4.74. The molecular weight excluding hydrogens is 150 g/mol. The Morgan fingerprint density at radius 2 is 1.83 bits per heavy atom. The van der Waals surface area contributed by atoms with E-state index in [0.29, 0.717) is 12.5 Å². The fourth-order valence-corrected chi connectivity index (χ4v) is 0.977. The molecule has 0 saturated carbocycles. The van der Waals surface area contributed by atoms with Gasteiger partial charge in [-0.15, -0.1) is 0 Å². The minimum Gasteiger partial charge on any atom is -0.396 e. The molecule has 0 aliphatic heterocycles. The third-order valence-corrected chi connectivity index (χ3v) is 2.51. The maximum Gasteiger partial charge on any atom is 0.0471 e. The fraction of sp³-hybridized carbons (Fsp3) is 1.00. The van der Waals surface area contributed by atoms with E-state index in [0.717, 1.165) is 13.0 Å². The van der Waals surface area contributed by atoms with Crippen LogP contribution in [0.5, 0.6) is 0 Å². The van der Waals surface area contributed by atoms with Gasteiger partial charge in [-0.05, 0) is 40.2 Å². The van der Waals surface area contributed by atoms with E-state index < -0.39 is 0 Å². The van der Waals surface area contributed by atoms with Gasteiger partial charge in [-0.1, -0.05) is 6.92 Å². The Labute approximate surface area is 76.6 Å². The lowest BCUT2D eigenvalue weighted by atomic mass is 10.0. The Morgan fingerprint density at radius 3 is 2.08 bits per heavy atom. The average molecular weight is 173 g/mol. The van der Waals surface area contributed by atoms with Crippen LogP contribution in [0.4, 0.5) is 0 Å². The first-order valence-corrected chi connectivity index (χ1v) is 4.74. The molecule has 2 heteroatoms.